The predicted molar refractivity (Wildman–Crippen MR) is 126 cm³/mol. The van der Waals surface area contributed by atoms with E-state index in [2.05, 4.69) is 47.9 Å². The maximum atomic E-state index is 10.8. The highest BCUT2D eigenvalue weighted by molar-refractivity contribution is 5.90. The fraction of sp³-hybridized carbons (Fsp3) is 0.250. The summed E-state index contributed by atoms with van der Waals surface area (Å²) in [6.45, 7) is 11.9. The molecule has 0 bridgehead atoms. The van der Waals surface area contributed by atoms with Crippen molar-refractivity contribution in [2.24, 2.45) is 0 Å². The van der Waals surface area contributed by atoms with E-state index in [1.807, 2.05) is 25.3 Å². The highest BCUT2D eigenvalue weighted by Gasteiger charge is 2.12. The molecule has 2 N–H and O–H groups in total. The number of hydrogen-bond acceptors (Lipinski definition) is 3. The lowest BCUT2D eigenvalue weighted by Gasteiger charge is -2.07. The molecule has 6 heteroatoms. The largest absolute Gasteiger partial charge is 0.399 e. The smallest absolute Gasteiger partial charge is 0.270 e. The zero-order valence-electron chi connectivity index (χ0n) is 17.8. The Balaban J connectivity index is 0.000000172. The van der Waals surface area contributed by atoms with Crippen molar-refractivity contribution in [2.45, 2.75) is 40.3 Å². The van der Waals surface area contributed by atoms with E-state index in [1.165, 1.54) is 16.5 Å². The van der Waals surface area contributed by atoms with Gasteiger partial charge in [0, 0.05) is 59.6 Å². The number of aryl methyl sites for hydroxylation is 3. The van der Waals surface area contributed by atoms with Gasteiger partial charge in [0.25, 0.3) is 5.69 Å². The van der Waals surface area contributed by atoms with Crippen molar-refractivity contribution in [3.63, 3.8) is 0 Å². The summed E-state index contributed by atoms with van der Waals surface area (Å²) in [7, 11) is 0. The van der Waals surface area contributed by atoms with Gasteiger partial charge in [-0.3, -0.25) is 10.1 Å². The minimum absolute atomic E-state index is 0.108. The molecule has 2 heterocycles. The van der Waals surface area contributed by atoms with Crippen molar-refractivity contribution < 1.29 is 4.92 Å². The third kappa shape index (κ3) is 3.94. The highest BCUT2D eigenvalue weighted by Crippen LogP contribution is 2.27. The van der Waals surface area contributed by atoms with E-state index >= 15 is 0 Å². The number of nitrogens with zero attached hydrogens (tertiary/aromatic N) is 3. The van der Waals surface area contributed by atoms with Crippen LogP contribution in [0, 0.1) is 10.1 Å². The normalized spacial score (nSPS) is 10.8. The fourth-order valence-corrected chi connectivity index (χ4v) is 3.89. The van der Waals surface area contributed by atoms with Crippen molar-refractivity contribution in [3.8, 4) is 0 Å². The van der Waals surface area contributed by atoms with Gasteiger partial charge in [-0.1, -0.05) is 19.6 Å². The summed E-state index contributed by atoms with van der Waals surface area (Å²) >= 11 is 0. The van der Waals surface area contributed by atoms with Crippen LogP contribution < -0.4 is 5.73 Å². The predicted octanol–water partition coefficient (Wildman–Crippen LogP) is 6.02. The summed E-state index contributed by atoms with van der Waals surface area (Å²) in [5, 5.41) is 12.9. The number of rotatable bonds is 5. The van der Waals surface area contributed by atoms with Gasteiger partial charge in [0.1, 0.15) is 0 Å². The molecule has 0 spiro atoms. The van der Waals surface area contributed by atoms with Crippen LogP contribution in [0.4, 0.5) is 11.4 Å². The van der Waals surface area contributed by atoms with Gasteiger partial charge in [-0.15, -0.1) is 0 Å². The molecule has 0 aliphatic carbocycles. The topological polar surface area (TPSA) is 79.0 Å². The molecule has 2 aromatic heterocycles. The molecule has 2 aromatic carbocycles. The van der Waals surface area contributed by atoms with Gasteiger partial charge in [0.15, 0.2) is 0 Å². The Labute approximate surface area is 176 Å². The van der Waals surface area contributed by atoms with Gasteiger partial charge in [-0.2, -0.15) is 0 Å². The number of fused-ring (bicyclic) bond motifs is 2. The Kier molecular flexibility index (Phi) is 6.26. The SMILES string of the molecule is C=Cc1cc([N+](=O)[O-])cc2ccn(CC)c12.CCc1cc(N)cc2ccn(CC)c12. The molecule has 156 valence electrons. The lowest BCUT2D eigenvalue weighted by Crippen LogP contribution is -1.96. The van der Waals surface area contributed by atoms with Gasteiger partial charge in [-0.25, -0.2) is 0 Å². The fourth-order valence-electron chi connectivity index (χ4n) is 3.89. The number of nitro benzene ring substituents is 1. The second-order valence-electron chi connectivity index (χ2n) is 7.11. The van der Waals surface area contributed by atoms with Crippen molar-refractivity contribution in [1.82, 2.24) is 9.13 Å². The van der Waals surface area contributed by atoms with Crippen molar-refractivity contribution in [2.75, 3.05) is 5.73 Å². The van der Waals surface area contributed by atoms with Gasteiger partial charge >= 0.3 is 0 Å². The monoisotopic (exact) mass is 404 g/mol. The van der Waals surface area contributed by atoms with Crippen LogP contribution in [0.5, 0.6) is 0 Å². The average Bonchev–Trinajstić information content (AvgIpc) is 3.36. The van der Waals surface area contributed by atoms with Crippen LogP contribution in [0.3, 0.4) is 0 Å². The molecule has 0 saturated heterocycles. The molecule has 0 saturated carbocycles. The number of nitro groups is 1. The van der Waals surface area contributed by atoms with E-state index < -0.39 is 0 Å². The van der Waals surface area contributed by atoms with Gasteiger partial charge in [0.2, 0.25) is 0 Å². The van der Waals surface area contributed by atoms with E-state index in [1.54, 1.807) is 18.2 Å². The Morgan fingerprint density at radius 2 is 1.60 bits per heavy atom. The molecule has 0 fully saturated rings. The van der Waals surface area contributed by atoms with E-state index in [0.29, 0.717) is 0 Å². The summed E-state index contributed by atoms with van der Waals surface area (Å²) in [6.07, 6.45) is 6.75. The number of aromatic nitrogens is 2. The molecule has 0 aliphatic rings. The molecule has 30 heavy (non-hydrogen) atoms. The molecule has 0 aliphatic heterocycles. The van der Waals surface area contributed by atoms with Gasteiger partial charge in [0.05, 0.1) is 16.0 Å². The van der Waals surface area contributed by atoms with E-state index in [0.717, 1.165) is 41.7 Å². The van der Waals surface area contributed by atoms with Gasteiger partial charge < -0.3 is 14.9 Å². The molecule has 0 unspecified atom stereocenters. The first kappa shape index (κ1) is 21.2. The summed E-state index contributed by atoms with van der Waals surface area (Å²) < 4.78 is 4.32. The number of nitrogens with two attached hydrogens (primary N) is 1. The van der Waals surface area contributed by atoms with Crippen LogP contribution >= 0.6 is 0 Å². The number of benzene rings is 2. The van der Waals surface area contributed by atoms with Crippen LogP contribution in [0.25, 0.3) is 27.9 Å². The Morgan fingerprint density at radius 3 is 2.13 bits per heavy atom. The number of non-ortho nitro benzene ring substituents is 1. The van der Waals surface area contributed by atoms with E-state index in [9.17, 15) is 10.1 Å². The first-order valence-electron chi connectivity index (χ1n) is 10.2. The zero-order chi connectivity index (χ0) is 21.8. The Bertz CT molecular complexity index is 1220. The molecular formula is C24H28N4O2. The maximum absolute atomic E-state index is 10.8. The van der Waals surface area contributed by atoms with Crippen LogP contribution in [0.2, 0.25) is 0 Å². The van der Waals surface area contributed by atoms with Crippen LogP contribution in [0.1, 0.15) is 31.9 Å². The minimum Gasteiger partial charge on any atom is -0.399 e. The molecule has 0 atom stereocenters. The molecule has 4 rings (SSSR count). The first-order chi connectivity index (χ1) is 14.4. The first-order valence-corrected chi connectivity index (χ1v) is 10.2. The van der Waals surface area contributed by atoms with Crippen molar-refractivity contribution in [3.05, 3.63) is 76.6 Å². The Hall–Kier alpha value is -3.54. The second kappa shape index (κ2) is 8.86. The third-order valence-corrected chi connectivity index (χ3v) is 5.33. The standard InChI is InChI=1S/C12H12N2O2.C12H16N2/c1-3-9-7-11(14(15)16)8-10-5-6-13(4-2)12(9)10;1-3-9-7-11(13)8-10-5-6-14(4-2)12(9)10/h3,5-8H,1,4H2,2H3;5-8H,3-4,13H2,1-2H3. The number of anilines is 1. The summed E-state index contributed by atoms with van der Waals surface area (Å²) in [6, 6.07) is 11.3. The number of hydrogen-bond donors (Lipinski definition) is 1. The lowest BCUT2D eigenvalue weighted by molar-refractivity contribution is -0.384. The van der Waals surface area contributed by atoms with E-state index in [-0.39, 0.29) is 10.6 Å². The van der Waals surface area contributed by atoms with Crippen molar-refractivity contribution in [1.29, 1.82) is 0 Å². The molecular weight excluding hydrogens is 376 g/mol. The molecule has 4 aromatic rings. The van der Waals surface area contributed by atoms with E-state index in [4.69, 9.17) is 5.73 Å². The maximum Gasteiger partial charge on any atom is 0.270 e. The van der Waals surface area contributed by atoms with Crippen LogP contribution in [-0.2, 0) is 19.5 Å². The van der Waals surface area contributed by atoms with Crippen molar-refractivity contribution >= 4 is 39.3 Å². The third-order valence-electron chi connectivity index (χ3n) is 5.33. The molecule has 6 nitrogen and oxygen atoms in total. The van der Waals surface area contributed by atoms with Gasteiger partial charge in [-0.05, 0) is 50.1 Å². The number of nitrogen functional groups attached to an aromatic ring is 1. The highest BCUT2D eigenvalue weighted by atomic mass is 16.6. The van der Waals surface area contributed by atoms with Crippen LogP contribution in [0.15, 0.2) is 55.4 Å². The quantitative estimate of drug-likeness (QED) is 0.251. The second-order valence-corrected chi connectivity index (χ2v) is 7.11. The molecule has 0 amide bonds. The summed E-state index contributed by atoms with van der Waals surface area (Å²) in [4.78, 5) is 10.4. The zero-order valence-corrected chi connectivity index (χ0v) is 17.8. The van der Waals surface area contributed by atoms with Crippen LogP contribution in [-0.4, -0.2) is 14.1 Å². The lowest BCUT2D eigenvalue weighted by atomic mass is 10.1. The average molecular weight is 405 g/mol. The summed E-state index contributed by atoms with van der Waals surface area (Å²) in [5.41, 5.74) is 11.3. The summed E-state index contributed by atoms with van der Waals surface area (Å²) in [5.74, 6) is 0. The minimum atomic E-state index is -0.379. The molecule has 0 radical (unpaired) electrons. The Morgan fingerprint density at radius 1 is 1.00 bits per heavy atom.